The lowest BCUT2D eigenvalue weighted by molar-refractivity contribution is -0.0263. The average Bonchev–Trinajstić information content (AvgIpc) is 2.53. The monoisotopic (exact) mass is 338 g/mol. The highest BCUT2D eigenvalue weighted by atomic mass is 19.3. The van der Waals surface area contributed by atoms with Crippen LogP contribution in [-0.4, -0.2) is 38.0 Å². The van der Waals surface area contributed by atoms with Gasteiger partial charge in [0.25, 0.3) is 11.8 Å². The fraction of sp³-hybridized carbons (Fsp3) is 0.588. The molecule has 1 heterocycles. The second-order valence-electron chi connectivity index (χ2n) is 6.73. The molecule has 1 saturated carbocycles. The summed E-state index contributed by atoms with van der Waals surface area (Å²) in [4.78, 5) is 14.2. The minimum atomic E-state index is -2.70. The van der Waals surface area contributed by atoms with E-state index in [1.54, 1.807) is 19.2 Å². The molecule has 0 bridgehead atoms. The summed E-state index contributed by atoms with van der Waals surface area (Å²) in [5, 5.41) is 5.97. The zero-order valence-electron chi connectivity index (χ0n) is 13.9. The van der Waals surface area contributed by atoms with Crippen LogP contribution in [0.25, 0.3) is 0 Å². The van der Waals surface area contributed by atoms with Gasteiger partial charge in [0.1, 0.15) is 0 Å². The summed E-state index contributed by atoms with van der Waals surface area (Å²) in [6, 6.07) is 3.41. The molecule has 7 heteroatoms. The van der Waals surface area contributed by atoms with Crippen LogP contribution in [0, 0.1) is 0 Å². The number of nitrogens with one attached hydrogen (secondary N) is 2. The molecule has 4 N–H and O–H groups in total. The quantitative estimate of drug-likeness (QED) is 0.739. The maximum atomic E-state index is 13.3. The van der Waals surface area contributed by atoms with E-state index in [9.17, 15) is 13.6 Å². The average molecular weight is 338 g/mol. The first-order valence-electron chi connectivity index (χ1n) is 8.44. The number of benzene rings is 1. The van der Waals surface area contributed by atoms with Gasteiger partial charge in [-0.25, -0.2) is 8.78 Å². The molecule has 1 aromatic rings. The van der Waals surface area contributed by atoms with Gasteiger partial charge < -0.3 is 21.3 Å². The molecule has 0 spiro atoms. The molecule has 1 aromatic carbocycles. The van der Waals surface area contributed by atoms with Gasteiger partial charge in [-0.2, -0.15) is 0 Å². The number of rotatable bonds is 4. The summed E-state index contributed by atoms with van der Waals surface area (Å²) >= 11 is 0. The Hall–Kier alpha value is -2.05. The maximum absolute atomic E-state index is 13.3. The van der Waals surface area contributed by atoms with Crippen LogP contribution in [0.2, 0.25) is 0 Å². The van der Waals surface area contributed by atoms with Crippen LogP contribution < -0.4 is 21.3 Å². The number of carbonyl (C=O) groups is 1. The molecule has 1 aliphatic heterocycles. The molecule has 1 aliphatic carbocycles. The van der Waals surface area contributed by atoms with Crippen molar-refractivity contribution in [1.82, 2.24) is 5.32 Å². The summed E-state index contributed by atoms with van der Waals surface area (Å²) in [6.07, 6.45) is 5.35. The number of nitrogen functional groups attached to an aromatic ring is 1. The number of anilines is 3. The largest absolute Gasteiger partial charge is 0.397 e. The highest BCUT2D eigenvalue weighted by Crippen LogP contribution is 2.37. The van der Waals surface area contributed by atoms with Crippen LogP contribution in [0.1, 0.15) is 42.5 Å². The van der Waals surface area contributed by atoms with E-state index in [0.717, 1.165) is 25.7 Å². The lowest BCUT2D eigenvalue weighted by Crippen LogP contribution is -2.57. The zero-order chi connectivity index (χ0) is 17.3. The maximum Gasteiger partial charge on any atom is 0.282 e. The Morgan fingerprint density at radius 1 is 1.25 bits per heavy atom. The molecule has 132 valence electrons. The number of nitrogens with two attached hydrogens (primary N) is 1. The molecule has 1 saturated heterocycles. The van der Waals surface area contributed by atoms with Crippen molar-refractivity contribution in [3.63, 3.8) is 0 Å². The first kappa shape index (κ1) is 16.8. The van der Waals surface area contributed by atoms with Crippen molar-refractivity contribution in [2.45, 2.75) is 44.1 Å². The summed E-state index contributed by atoms with van der Waals surface area (Å²) in [7, 11) is 1.71. The van der Waals surface area contributed by atoms with E-state index in [-0.39, 0.29) is 25.0 Å². The van der Waals surface area contributed by atoms with Crippen LogP contribution in [0.3, 0.4) is 0 Å². The van der Waals surface area contributed by atoms with Crippen LogP contribution >= 0.6 is 0 Å². The Morgan fingerprint density at radius 2 is 1.92 bits per heavy atom. The molecule has 2 fully saturated rings. The summed E-state index contributed by atoms with van der Waals surface area (Å²) in [5.41, 5.74) is 7.92. The van der Waals surface area contributed by atoms with Gasteiger partial charge in [0, 0.05) is 13.1 Å². The van der Waals surface area contributed by atoms with E-state index in [1.165, 1.54) is 11.3 Å². The summed E-state index contributed by atoms with van der Waals surface area (Å²) in [6.45, 7) is -0.742. The number of alkyl halides is 2. The van der Waals surface area contributed by atoms with E-state index < -0.39 is 5.92 Å². The van der Waals surface area contributed by atoms with Crippen LogP contribution in [0.15, 0.2) is 12.1 Å². The van der Waals surface area contributed by atoms with Crippen LogP contribution in [0.4, 0.5) is 25.8 Å². The Morgan fingerprint density at radius 3 is 2.50 bits per heavy atom. The van der Waals surface area contributed by atoms with Crippen molar-refractivity contribution < 1.29 is 13.6 Å². The van der Waals surface area contributed by atoms with Gasteiger partial charge in [-0.05, 0) is 25.0 Å². The van der Waals surface area contributed by atoms with Crippen LogP contribution in [-0.2, 0) is 0 Å². The molecule has 2 aliphatic rings. The number of hydrogen-bond donors (Lipinski definition) is 3. The number of halogens is 2. The third-order valence-electron chi connectivity index (χ3n) is 4.81. The normalized spacial score (nSPS) is 20.4. The van der Waals surface area contributed by atoms with E-state index in [2.05, 4.69) is 10.6 Å². The standard InChI is InChI=1S/C17H24F2N4O/c1-21-14-8-15(23-9-17(18,19)10-23)12(7-13(14)20)16(24)22-11-5-3-2-4-6-11/h7-8,11,21H,2-6,9-10,20H2,1H3,(H,22,24). The Kier molecular flexibility index (Phi) is 4.51. The van der Waals surface area contributed by atoms with Crippen molar-refractivity contribution in [3.05, 3.63) is 17.7 Å². The fourth-order valence-corrected chi connectivity index (χ4v) is 3.46. The van der Waals surface area contributed by atoms with Gasteiger partial charge in [-0.1, -0.05) is 19.3 Å². The van der Waals surface area contributed by atoms with Crippen molar-refractivity contribution in [2.24, 2.45) is 0 Å². The van der Waals surface area contributed by atoms with E-state index in [4.69, 9.17) is 5.73 Å². The van der Waals surface area contributed by atoms with Crippen LogP contribution in [0.5, 0.6) is 0 Å². The Labute approximate surface area is 140 Å². The summed E-state index contributed by atoms with van der Waals surface area (Å²) in [5.74, 6) is -2.93. The molecule has 0 atom stereocenters. The highest BCUT2D eigenvalue weighted by Gasteiger charge is 2.45. The topological polar surface area (TPSA) is 70.4 Å². The molecule has 0 aromatic heterocycles. The van der Waals surface area contributed by atoms with E-state index in [0.29, 0.717) is 22.6 Å². The predicted molar refractivity (Wildman–Crippen MR) is 91.9 cm³/mol. The molecule has 0 unspecified atom stereocenters. The molecular formula is C17H24F2N4O. The SMILES string of the molecule is CNc1cc(N2CC(F)(F)C2)c(C(=O)NC2CCCCC2)cc1N. The lowest BCUT2D eigenvalue weighted by atomic mass is 9.95. The van der Waals surface area contributed by atoms with Gasteiger partial charge in [0.15, 0.2) is 0 Å². The Balaban J connectivity index is 1.84. The molecule has 1 amide bonds. The number of carbonyl (C=O) groups excluding carboxylic acids is 1. The van der Waals surface area contributed by atoms with E-state index in [1.807, 2.05) is 0 Å². The molecular weight excluding hydrogens is 314 g/mol. The second kappa shape index (κ2) is 6.45. The molecule has 0 radical (unpaired) electrons. The zero-order valence-corrected chi connectivity index (χ0v) is 13.9. The lowest BCUT2D eigenvalue weighted by Gasteiger charge is -2.41. The second-order valence-corrected chi connectivity index (χ2v) is 6.73. The molecule has 3 rings (SSSR count). The number of amides is 1. The third kappa shape index (κ3) is 3.39. The number of hydrogen-bond acceptors (Lipinski definition) is 4. The fourth-order valence-electron chi connectivity index (χ4n) is 3.46. The highest BCUT2D eigenvalue weighted by molar-refractivity contribution is 6.02. The summed E-state index contributed by atoms with van der Waals surface area (Å²) < 4.78 is 26.5. The smallest absolute Gasteiger partial charge is 0.282 e. The van der Waals surface area contributed by atoms with Crippen molar-refractivity contribution in [2.75, 3.05) is 36.1 Å². The number of nitrogens with zero attached hydrogens (tertiary/aromatic N) is 1. The third-order valence-corrected chi connectivity index (χ3v) is 4.81. The minimum absolute atomic E-state index is 0.155. The van der Waals surface area contributed by atoms with Gasteiger partial charge in [-0.3, -0.25) is 4.79 Å². The first-order valence-corrected chi connectivity index (χ1v) is 8.44. The Bertz CT molecular complexity index is 621. The van der Waals surface area contributed by atoms with E-state index >= 15 is 0 Å². The predicted octanol–water partition coefficient (Wildman–Crippen LogP) is 2.83. The van der Waals surface area contributed by atoms with Gasteiger partial charge in [-0.15, -0.1) is 0 Å². The van der Waals surface area contributed by atoms with Crippen molar-refractivity contribution in [1.29, 1.82) is 0 Å². The van der Waals surface area contributed by atoms with Gasteiger partial charge in [0.2, 0.25) is 0 Å². The van der Waals surface area contributed by atoms with Gasteiger partial charge in [0.05, 0.1) is 35.7 Å². The van der Waals surface area contributed by atoms with Gasteiger partial charge >= 0.3 is 0 Å². The first-order chi connectivity index (χ1) is 11.4. The minimum Gasteiger partial charge on any atom is -0.397 e. The van der Waals surface area contributed by atoms with Crippen molar-refractivity contribution in [3.8, 4) is 0 Å². The van der Waals surface area contributed by atoms with Crippen molar-refractivity contribution >= 4 is 23.0 Å². The molecule has 24 heavy (non-hydrogen) atoms. The molecule has 5 nitrogen and oxygen atoms in total.